The van der Waals surface area contributed by atoms with Crippen molar-refractivity contribution in [3.05, 3.63) is 0 Å². The van der Waals surface area contributed by atoms with Gasteiger partial charge in [-0.15, -0.1) is 0 Å². The lowest BCUT2D eigenvalue weighted by Gasteiger charge is -2.43. The molecule has 4 nitrogen and oxygen atoms in total. The SMILES string of the molecule is CNCC1(CN(CCCOC)CCOC)CCCC(C)C1. The summed E-state index contributed by atoms with van der Waals surface area (Å²) in [6, 6.07) is 0. The Labute approximate surface area is 131 Å². The Morgan fingerprint density at radius 1 is 1.19 bits per heavy atom. The van der Waals surface area contributed by atoms with Crippen LogP contribution >= 0.6 is 0 Å². The molecule has 0 heterocycles. The van der Waals surface area contributed by atoms with Crippen molar-refractivity contribution in [1.82, 2.24) is 10.2 Å². The highest BCUT2D eigenvalue weighted by molar-refractivity contribution is 4.89. The molecule has 2 unspecified atom stereocenters. The molecule has 4 heteroatoms. The number of rotatable bonds is 11. The maximum atomic E-state index is 5.29. The minimum Gasteiger partial charge on any atom is -0.385 e. The zero-order valence-corrected chi connectivity index (χ0v) is 14.6. The average Bonchev–Trinajstić information content (AvgIpc) is 2.45. The van der Waals surface area contributed by atoms with Crippen LogP contribution < -0.4 is 5.32 Å². The first-order valence-corrected chi connectivity index (χ1v) is 8.50. The summed E-state index contributed by atoms with van der Waals surface area (Å²) in [6.07, 6.45) is 6.57. The second-order valence-corrected chi connectivity index (χ2v) is 6.85. The van der Waals surface area contributed by atoms with Gasteiger partial charge in [0.2, 0.25) is 0 Å². The third-order valence-electron chi connectivity index (χ3n) is 4.73. The van der Waals surface area contributed by atoms with Gasteiger partial charge in [-0.05, 0) is 37.6 Å². The largest absolute Gasteiger partial charge is 0.385 e. The molecule has 0 aliphatic heterocycles. The molecule has 0 aromatic rings. The number of ether oxygens (including phenoxy) is 2. The lowest BCUT2D eigenvalue weighted by Crippen LogP contribution is -2.47. The van der Waals surface area contributed by atoms with E-state index in [4.69, 9.17) is 9.47 Å². The number of methoxy groups -OCH3 is 2. The molecule has 0 aromatic carbocycles. The number of hydrogen-bond acceptors (Lipinski definition) is 4. The topological polar surface area (TPSA) is 33.7 Å². The Kier molecular flexibility index (Phi) is 9.49. The zero-order valence-electron chi connectivity index (χ0n) is 14.6. The van der Waals surface area contributed by atoms with Gasteiger partial charge in [0.15, 0.2) is 0 Å². The minimum absolute atomic E-state index is 0.438. The molecule has 0 radical (unpaired) electrons. The summed E-state index contributed by atoms with van der Waals surface area (Å²) in [5.41, 5.74) is 0.438. The van der Waals surface area contributed by atoms with Crippen molar-refractivity contribution in [2.45, 2.75) is 39.0 Å². The highest BCUT2D eigenvalue weighted by Crippen LogP contribution is 2.39. The monoisotopic (exact) mass is 300 g/mol. The molecule has 0 saturated heterocycles. The first kappa shape index (κ1) is 18.9. The maximum Gasteiger partial charge on any atom is 0.0589 e. The fraction of sp³-hybridized carbons (Fsp3) is 1.00. The fourth-order valence-electron chi connectivity index (χ4n) is 3.90. The van der Waals surface area contributed by atoms with E-state index in [1.807, 2.05) is 0 Å². The summed E-state index contributed by atoms with van der Waals surface area (Å²) in [7, 11) is 5.66. The molecule has 1 aliphatic carbocycles. The first-order valence-electron chi connectivity index (χ1n) is 8.50. The van der Waals surface area contributed by atoms with Crippen molar-refractivity contribution in [3.8, 4) is 0 Å². The van der Waals surface area contributed by atoms with Crippen molar-refractivity contribution < 1.29 is 9.47 Å². The molecule has 1 rings (SSSR count). The van der Waals surface area contributed by atoms with Crippen LogP contribution in [0.4, 0.5) is 0 Å². The van der Waals surface area contributed by atoms with E-state index in [9.17, 15) is 0 Å². The normalized spacial score (nSPS) is 26.4. The van der Waals surface area contributed by atoms with E-state index >= 15 is 0 Å². The number of nitrogens with one attached hydrogen (secondary N) is 1. The molecule has 0 amide bonds. The molecular weight excluding hydrogens is 264 g/mol. The van der Waals surface area contributed by atoms with Gasteiger partial charge in [0, 0.05) is 47.0 Å². The molecule has 0 spiro atoms. The standard InChI is InChI=1S/C17H36N2O2/c1-16-7-5-8-17(13-16,14-18-2)15-19(10-12-21-4)9-6-11-20-3/h16,18H,5-15H2,1-4H3. The van der Waals surface area contributed by atoms with E-state index < -0.39 is 0 Å². The van der Waals surface area contributed by atoms with Crippen LogP contribution in [-0.2, 0) is 9.47 Å². The molecule has 21 heavy (non-hydrogen) atoms. The van der Waals surface area contributed by atoms with Crippen LogP contribution in [-0.4, -0.2) is 65.6 Å². The van der Waals surface area contributed by atoms with E-state index in [1.54, 1.807) is 14.2 Å². The van der Waals surface area contributed by atoms with Gasteiger partial charge in [0.25, 0.3) is 0 Å². The van der Waals surface area contributed by atoms with Crippen LogP contribution in [0.2, 0.25) is 0 Å². The van der Waals surface area contributed by atoms with E-state index in [0.717, 1.165) is 45.2 Å². The van der Waals surface area contributed by atoms with Crippen LogP contribution in [0.5, 0.6) is 0 Å². The third-order valence-corrected chi connectivity index (χ3v) is 4.73. The van der Waals surface area contributed by atoms with Crippen LogP contribution in [0, 0.1) is 11.3 Å². The summed E-state index contributed by atoms with van der Waals surface area (Å²) < 4.78 is 10.5. The fourth-order valence-corrected chi connectivity index (χ4v) is 3.90. The summed E-state index contributed by atoms with van der Waals surface area (Å²) in [4.78, 5) is 2.58. The first-order chi connectivity index (χ1) is 10.2. The zero-order chi connectivity index (χ0) is 15.6. The van der Waals surface area contributed by atoms with Gasteiger partial charge in [0.05, 0.1) is 6.61 Å². The molecule has 1 aliphatic rings. The Hall–Kier alpha value is -0.160. The summed E-state index contributed by atoms with van der Waals surface area (Å²) in [5.74, 6) is 0.857. The molecule has 0 aromatic heterocycles. The van der Waals surface area contributed by atoms with Gasteiger partial charge < -0.3 is 19.7 Å². The van der Waals surface area contributed by atoms with E-state index in [1.165, 1.54) is 32.2 Å². The lowest BCUT2D eigenvalue weighted by atomic mass is 9.69. The van der Waals surface area contributed by atoms with Crippen molar-refractivity contribution in [1.29, 1.82) is 0 Å². The Morgan fingerprint density at radius 2 is 1.95 bits per heavy atom. The molecule has 1 N–H and O–H groups in total. The summed E-state index contributed by atoms with van der Waals surface area (Å²) >= 11 is 0. The van der Waals surface area contributed by atoms with Gasteiger partial charge in [0.1, 0.15) is 0 Å². The van der Waals surface area contributed by atoms with Crippen LogP contribution in [0.3, 0.4) is 0 Å². The predicted molar refractivity (Wildman–Crippen MR) is 88.8 cm³/mol. The predicted octanol–water partition coefficient (Wildman–Crippen LogP) is 2.39. The third kappa shape index (κ3) is 7.09. The van der Waals surface area contributed by atoms with Crippen molar-refractivity contribution in [2.75, 3.05) is 60.7 Å². The second-order valence-electron chi connectivity index (χ2n) is 6.85. The van der Waals surface area contributed by atoms with Crippen molar-refractivity contribution >= 4 is 0 Å². The maximum absolute atomic E-state index is 5.29. The Balaban J connectivity index is 2.60. The number of nitrogens with zero attached hydrogens (tertiary/aromatic N) is 1. The van der Waals surface area contributed by atoms with Crippen LogP contribution in [0.1, 0.15) is 39.0 Å². The van der Waals surface area contributed by atoms with Gasteiger partial charge in [-0.25, -0.2) is 0 Å². The van der Waals surface area contributed by atoms with Gasteiger partial charge in [-0.2, -0.15) is 0 Å². The minimum atomic E-state index is 0.438. The highest BCUT2D eigenvalue weighted by atomic mass is 16.5. The summed E-state index contributed by atoms with van der Waals surface area (Å²) in [6.45, 7) is 8.53. The Morgan fingerprint density at radius 3 is 2.57 bits per heavy atom. The number of hydrogen-bond donors (Lipinski definition) is 1. The average molecular weight is 300 g/mol. The summed E-state index contributed by atoms with van der Waals surface area (Å²) in [5, 5.41) is 3.44. The molecule has 0 bridgehead atoms. The lowest BCUT2D eigenvalue weighted by molar-refractivity contribution is 0.0595. The second kappa shape index (κ2) is 10.5. The van der Waals surface area contributed by atoms with Gasteiger partial charge >= 0.3 is 0 Å². The molecule has 1 fully saturated rings. The Bertz CT molecular complexity index is 259. The van der Waals surface area contributed by atoms with Gasteiger partial charge in [-0.3, -0.25) is 0 Å². The van der Waals surface area contributed by atoms with E-state index in [2.05, 4.69) is 24.2 Å². The van der Waals surface area contributed by atoms with E-state index in [-0.39, 0.29) is 0 Å². The molecule has 126 valence electrons. The smallest absolute Gasteiger partial charge is 0.0589 e. The highest BCUT2D eigenvalue weighted by Gasteiger charge is 2.35. The van der Waals surface area contributed by atoms with Gasteiger partial charge in [-0.1, -0.05) is 19.8 Å². The van der Waals surface area contributed by atoms with E-state index in [0.29, 0.717) is 5.41 Å². The van der Waals surface area contributed by atoms with Crippen molar-refractivity contribution in [2.24, 2.45) is 11.3 Å². The molecule has 1 saturated carbocycles. The molecular formula is C17H36N2O2. The van der Waals surface area contributed by atoms with Crippen molar-refractivity contribution in [3.63, 3.8) is 0 Å². The quantitative estimate of drug-likeness (QED) is 0.594. The van der Waals surface area contributed by atoms with Crippen LogP contribution in [0.15, 0.2) is 0 Å². The molecule has 2 atom stereocenters. The van der Waals surface area contributed by atoms with Crippen LogP contribution in [0.25, 0.3) is 0 Å².